The molecule has 3 heterocycles. The van der Waals surface area contributed by atoms with Gasteiger partial charge in [-0.3, -0.25) is 4.79 Å². The minimum absolute atomic E-state index is 0.0214. The zero-order valence-electron chi connectivity index (χ0n) is 18.3. The zero-order chi connectivity index (χ0) is 24.1. The highest BCUT2D eigenvalue weighted by molar-refractivity contribution is 5.94. The van der Waals surface area contributed by atoms with Crippen molar-refractivity contribution in [2.75, 3.05) is 20.3 Å². The number of methoxy groups -OCH3 is 1. The highest BCUT2D eigenvalue weighted by Gasteiger charge is 2.27. The van der Waals surface area contributed by atoms with Crippen molar-refractivity contribution >= 4 is 5.91 Å². The topological polar surface area (TPSA) is 82.6 Å². The summed E-state index contributed by atoms with van der Waals surface area (Å²) in [6.07, 6.45) is -1.89. The van der Waals surface area contributed by atoms with Crippen LogP contribution in [0.5, 0.6) is 17.5 Å². The maximum Gasteiger partial charge on any atom is 0.392 e. The fourth-order valence-electron chi connectivity index (χ4n) is 3.60. The lowest BCUT2D eigenvalue weighted by atomic mass is 9.93. The van der Waals surface area contributed by atoms with Crippen molar-refractivity contribution in [3.63, 3.8) is 0 Å². The van der Waals surface area contributed by atoms with Crippen LogP contribution in [0.15, 0.2) is 54.9 Å². The van der Waals surface area contributed by atoms with Gasteiger partial charge in [0.15, 0.2) is 0 Å². The highest BCUT2D eigenvalue weighted by atomic mass is 19.4. The van der Waals surface area contributed by atoms with Crippen LogP contribution in [0.1, 0.15) is 22.3 Å². The van der Waals surface area contributed by atoms with Crippen molar-refractivity contribution in [3.8, 4) is 28.6 Å². The smallest absolute Gasteiger partial charge is 0.392 e. The van der Waals surface area contributed by atoms with Crippen LogP contribution in [0.3, 0.4) is 0 Å². The van der Waals surface area contributed by atoms with Gasteiger partial charge in [-0.1, -0.05) is 12.1 Å². The minimum Gasteiger partial charge on any atom is -0.491 e. The number of alkyl halides is 3. The fourth-order valence-corrected chi connectivity index (χ4v) is 3.60. The Bertz CT molecular complexity index is 1150. The van der Waals surface area contributed by atoms with E-state index < -0.39 is 19.2 Å². The Balaban J connectivity index is 1.42. The Kier molecular flexibility index (Phi) is 6.85. The van der Waals surface area contributed by atoms with Gasteiger partial charge in [0.05, 0.1) is 31.7 Å². The van der Waals surface area contributed by atoms with Crippen LogP contribution in [-0.2, 0) is 6.42 Å². The molecule has 1 aromatic carbocycles. The van der Waals surface area contributed by atoms with Gasteiger partial charge in [0.1, 0.15) is 12.4 Å². The van der Waals surface area contributed by atoms with Gasteiger partial charge in [-0.2, -0.15) is 13.2 Å². The lowest BCUT2D eigenvalue weighted by Crippen LogP contribution is -2.42. The number of benzene rings is 1. The molecule has 10 heteroatoms. The van der Waals surface area contributed by atoms with E-state index in [1.54, 1.807) is 13.3 Å². The second-order valence-electron chi connectivity index (χ2n) is 7.65. The van der Waals surface area contributed by atoms with Crippen LogP contribution >= 0.6 is 0 Å². The molecule has 0 spiro atoms. The number of rotatable bonds is 7. The summed E-state index contributed by atoms with van der Waals surface area (Å²) in [5.41, 5.74) is 3.10. The van der Waals surface area contributed by atoms with Crippen LogP contribution in [-0.4, -0.2) is 48.4 Å². The summed E-state index contributed by atoms with van der Waals surface area (Å²) in [5.74, 6) is 0.901. The number of hydrogen-bond donors (Lipinski definition) is 1. The Labute approximate surface area is 193 Å². The molecule has 0 fully saturated rings. The fraction of sp³-hybridized carbons (Fsp3) is 0.292. The largest absolute Gasteiger partial charge is 0.491 e. The first kappa shape index (κ1) is 23.3. The summed E-state index contributed by atoms with van der Waals surface area (Å²) < 4.78 is 52.8. The first-order valence-corrected chi connectivity index (χ1v) is 10.5. The molecule has 1 amide bonds. The van der Waals surface area contributed by atoms with Gasteiger partial charge in [-0.05, 0) is 29.3 Å². The van der Waals surface area contributed by atoms with Crippen LogP contribution in [0.2, 0.25) is 0 Å². The Morgan fingerprint density at radius 3 is 2.76 bits per heavy atom. The molecule has 1 N–H and O–H groups in total. The molecule has 0 saturated carbocycles. The highest BCUT2D eigenvalue weighted by Crippen LogP contribution is 2.35. The number of aromatic nitrogens is 2. The van der Waals surface area contributed by atoms with Gasteiger partial charge in [-0.25, -0.2) is 9.97 Å². The van der Waals surface area contributed by atoms with E-state index >= 15 is 0 Å². The molecule has 1 aliphatic heterocycles. The molecule has 1 aliphatic rings. The normalized spacial score (nSPS) is 15.1. The number of amides is 1. The molecule has 3 aromatic rings. The van der Waals surface area contributed by atoms with Crippen molar-refractivity contribution in [1.82, 2.24) is 15.3 Å². The van der Waals surface area contributed by atoms with E-state index in [1.807, 2.05) is 30.3 Å². The van der Waals surface area contributed by atoms with E-state index in [2.05, 4.69) is 15.3 Å². The van der Waals surface area contributed by atoms with Gasteiger partial charge in [0.2, 0.25) is 11.8 Å². The van der Waals surface area contributed by atoms with Crippen molar-refractivity contribution in [3.05, 3.63) is 66.0 Å². The number of nitrogens with one attached hydrogen (secondary N) is 1. The Morgan fingerprint density at radius 2 is 2.03 bits per heavy atom. The molecule has 178 valence electrons. The summed E-state index contributed by atoms with van der Waals surface area (Å²) in [7, 11) is 1.55. The van der Waals surface area contributed by atoms with E-state index in [1.165, 1.54) is 18.3 Å². The molecule has 7 nitrogen and oxygen atoms in total. The van der Waals surface area contributed by atoms with Crippen LogP contribution in [0.4, 0.5) is 13.2 Å². The van der Waals surface area contributed by atoms with E-state index in [-0.39, 0.29) is 23.4 Å². The number of hydrogen-bond acceptors (Lipinski definition) is 6. The summed E-state index contributed by atoms with van der Waals surface area (Å²) in [6.45, 7) is -0.236. The lowest BCUT2D eigenvalue weighted by Gasteiger charge is -2.28. The number of halogens is 3. The van der Waals surface area contributed by atoms with Gasteiger partial charge < -0.3 is 19.5 Å². The van der Waals surface area contributed by atoms with Gasteiger partial charge in [0.25, 0.3) is 5.91 Å². The molecule has 1 atom stereocenters. The van der Waals surface area contributed by atoms with Crippen LogP contribution in [0, 0.1) is 0 Å². The Morgan fingerprint density at radius 1 is 1.18 bits per heavy atom. The predicted molar refractivity (Wildman–Crippen MR) is 117 cm³/mol. The third kappa shape index (κ3) is 5.75. The molecule has 0 bridgehead atoms. The maximum atomic E-state index is 12.7. The number of pyridine rings is 2. The predicted octanol–water partition coefficient (Wildman–Crippen LogP) is 4.22. The van der Waals surface area contributed by atoms with Gasteiger partial charge in [-0.15, -0.1) is 0 Å². The minimum atomic E-state index is -4.30. The van der Waals surface area contributed by atoms with E-state index in [0.717, 1.165) is 22.4 Å². The van der Waals surface area contributed by atoms with Gasteiger partial charge >= 0.3 is 6.18 Å². The quantitative estimate of drug-likeness (QED) is 0.554. The average Bonchev–Trinajstić information content (AvgIpc) is 2.83. The monoisotopic (exact) mass is 473 g/mol. The maximum absolute atomic E-state index is 12.7. The molecular formula is C24H22F3N3O4. The lowest BCUT2D eigenvalue weighted by molar-refractivity contribution is -0.139. The Hall–Kier alpha value is -3.82. The van der Waals surface area contributed by atoms with Crippen molar-refractivity contribution in [2.24, 2.45) is 0 Å². The number of fused-ring (bicyclic) bond motifs is 1. The van der Waals surface area contributed by atoms with E-state index in [4.69, 9.17) is 14.2 Å². The first-order valence-electron chi connectivity index (χ1n) is 10.5. The summed E-state index contributed by atoms with van der Waals surface area (Å²) in [4.78, 5) is 20.8. The standard InChI is InChI=1S/C24H22F3N3O4/c1-32-22-11-15(7-9-28-22)18-3-2-4-20-19(18)12-17(14-34-20)30-23(31)16-5-6-21(29-13-16)33-10-8-24(25,26)27/h2-7,9,11,13,17H,8,10,12,14H2,1H3,(H,30,31)/t17-/m0/s1. The summed E-state index contributed by atoms with van der Waals surface area (Å²) in [5, 5.41) is 2.93. The molecule has 34 heavy (non-hydrogen) atoms. The number of nitrogens with zero attached hydrogens (tertiary/aromatic N) is 2. The molecule has 0 radical (unpaired) electrons. The third-order valence-corrected chi connectivity index (χ3v) is 5.25. The first-order chi connectivity index (χ1) is 16.3. The molecule has 2 aromatic heterocycles. The zero-order valence-corrected chi connectivity index (χ0v) is 18.3. The second kappa shape index (κ2) is 9.98. The van der Waals surface area contributed by atoms with Crippen molar-refractivity contribution in [1.29, 1.82) is 0 Å². The second-order valence-corrected chi connectivity index (χ2v) is 7.65. The summed E-state index contributed by atoms with van der Waals surface area (Å²) >= 11 is 0. The molecule has 4 rings (SSSR count). The van der Waals surface area contributed by atoms with Crippen LogP contribution in [0.25, 0.3) is 11.1 Å². The van der Waals surface area contributed by atoms with Crippen LogP contribution < -0.4 is 19.5 Å². The number of carbonyl (C=O) groups excluding carboxylic acids is 1. The number of carbonyl (C=O) groups is 1. The summed E-state index contributed by atoms with van der Waals surface area (Å²) in [6, 6.07) is 12.0. The van der Waals surface area contributed by atoms with E-state index in [0.29, 0.717) is 18.9 Å². The molecule has 0 saturated heterocycles. The van der Waals surface area contributed by atoms with E-state index in [9.17, 15) is 18.0 Å². The van der Waals surface area contributed by atoms with Crippen molar-refractivity contribution < 1.29 is 32.2 Å². The molecule has 0 unspecified atom stereocenters. The number of ether oxygens (including phenoxy) is 3. The third-order valence-electron chi connectivity index (χ3n) is 5.25. The average molecular weight is 473 g/mol. The van der Waals surface area contributed by atoms with Gasteiger partial charge in [0, 0.05) is 36.5 Å². The molecular weight excluding hydrogens is 451 g/mol. The SMILES string of the molecule is COc1cc(-c2cccc3c2C[C@H](NC(=O)c2ccc(OCCC(F)(F)F)nc2)CO3)ccn1. The molecule has 0 aliphatic carbocycles. The van der Waals surface area contributed by atoms with Crippen molar-refractivity contribution in [2.45, 2.75) is 25.1 Å².